The summed E-state index contributed by atoms with van der Waals surface area (Å²) in [6.45, 7) is 5.49. The fraction of sp³-hybridized carbons (Fsp3) is 1.00. The fourth-order valence-electron chi connectivity index (χ4n) is 1.06. The van der Waals surface area contributed by atoms with Crippen molar-refractivity contribution in [1.82, 2.24) is 0 Å². The van der Waals surface area contributed by atoms with Crippen LogP contribution in [0.4, 0.5) is 0 Å². The molecule has 4 heteroatoms. The van der Waals surface area contributed by atoms with Gasteiger partial charge in [0.2, 0.25) is 0 Å². The molecule has 0 aromatic carbocycles. The lowest BCUT2D eigenvalue weighted by atomic mass is 9.88. The Hall–Kier alpha value is -0.160. The number of ether oxygens (including phenoxy) is 1. The summed E-state index contributed by atoms with van der Waals surface area (Å²) < 4.78 is 5.05. The van der Waals surface area contributed by atoms with Crippen LogP contribution < -0.4 is 0 Å². The molecule has 0 aromatic heterocycles. The minimum Gasteiger partial charge on any atom is -0.396 e. The van der Waals surface area contributed by atoms with Crippen LogP contribution in [0.2, 0.25) is 0 Å². The summed E-state index contributed by atoms with van der Waals surface area (Å²) in [5, 5.41) is 9.25. The average Bonchev–Trinajstić information content (AvgIpc) is 2.23. The van der Waals surface area contributed by atoms with Gasteiger partial charge in [0.25, 0.3) is 0 Å². The molecule has 0 aromatic rings. The van der Waals surface area contributed by atoms with Gasteiger partial charge in [-0.2, -0.15) is 0 Å². The summed E-state index contributed by atoms with van der Waals surface area (Å²) in [5.41, 5.74) is -0.331. The quantitative estimate of drug-likeness (QED) is 0.352. The third kappa shape index (κ3) is 4.91. The molecule has 0 heterocycles. The van der Waals surface area contributed by atoms with Gasteiger partial charge in [0.1, 0.15) is 0 Å². The first kappa shape index (κ1) is 13.8. The summed E-state index contributed by atoms with van der Waals surface area (Å²) in [5.74, 6) is 0. The van der Waals surface area contributed by atoms with E-state index in [1.165, 1.54) is 0 Å². The first-order chi connectivity index (χ1) is 6.74. The highest BCUT2D eigenvalue weighted by Gasteiger charge is 2.28. The molecule has 0 aliphatic rings. The molecular formula is C10H22O4. The maximum atomic E-state index is 9.25. The van der Waals surface area contributed by atoms with Crippen LogP contribution in [-0.4, -0.2) is 38.6 Å². The van der Waals surface area contributed by atoms with Crippen molar-refractivity contribution in [2.24, 2.45) is 5.41 Å². The van der Waals surface area contributed by atoms with Crippen LogP contribution in [0, 0.1) is 5.41 Å². The minimum atomic E-state index is -0.331. The third-order valence-electron chi connectivity index (χ3n) is 2.27. The first-order valence-electron chi connectivity index (χ1n) is 5.09. The van der Waals surface area contributed by atoms with E-state index in [-0.39, 0.29) is 12.0 Å². The van der Waals surface area contributed by atoms with E-state index in [9.17, 15) is 5.11 Å². The normalized spacial score (nSPS) is 15.4. The summed E-state index contributed by atoms with van der Waals surface area (Å²) in [6.07, 6.45) is 1.72. The van der Waals surface area contributed by atoms with Crippen molar-refractivity contribution < 1.29 is 19.6 Å². The lowest BCUT2D eigenvalue weighted by Gasteiger charge is -2.28. The zero-order valence-corrected chi connectivity index (χ0v) is 9.41. The molecule has 0 fully saturated rings. The van der Waals surface area contributed by atoms with Gasteiger partial charge >= 0.3 is 0 Å². The van der Waals surface area contributed by atoms with Crippen molar-refractivity contribution in [3.05, 3.63) is 0 Å². The van der Waals surface area contributed by atoms with E-state index in [2.05, 4.69) is 0 Å². The van der Waals surface area contributed by atoms with Gasteiger partial charge in [0, 0.05) is 12.5 Å². The predicted molar refractivity (Wildman–Crippen MR) is 53.9 cm³/mol. The number of methoxy groups -OCH3 is 1. The van der Waals surface area contributed by atoms with Gasteiger partial charge in [-0.1, -0.05) is 13.8 Å². The molecule has 0 rings (SSSR count). The van der Waals surface area contributed by atoms with E-state index in [1.54, 1.807) is 7.11 Å². The number of aliphatic hydroxyl groups excluding tert-OH is 1. The molecule has 1 atom stereocenters. The molecule has 0 radical (unpaired) electrons. The van der Waals surface area contributed by atoms with Gasteiger partial charge in [-0.25, -0.2) is 9.78 Å². The summed E-state index contributed by atoms with van der Waals surface area (Å²) in [6, 6.07) is 0. The highest BCUT2D eigenvalue weighted by Crippen LogP contribution is 2.22. The van der Waals surface area contributed by atoms with Crippen molar-refractivity contribution in [3.8, 4) is 0 Å². The van der Waals surface area contributed by atoms with Gasteiger partial charge in [0.15, 0.2) is 0 Å². The number of hydrogen-bond acceptors (Lipinski definition) is 4. The number of rotatable bonds is 9. The van der Waals surface area contributed by atoms with Crippen molar-refractivity contribution in [1.29, 1.82) is 0 Å². The van der Waals surface area contributed by atoms with Crippen molar-refractivity contribution in [2.45, 2.75) is 26.7 Å². The van der Waals surface area contributed by atoms with Crippen LogP contribution in [-0.2, 0) is 14.5 Å². The number of hydrogen-bond donors (Lipinski definition) is 1. The average molecular weight is 206 g/mol. The lowest BCUT2D eigenvalue weighted by molar-refractivity contribution is -0.314. The molecule has 0 aliphatic heterocycles. The lowest BCUT2D eigenvalue weighted by Crippen LogP contribution is -2.35. The Balaban J connectivity index is 3.82. The summed E-state index contributed by atoms with van der Waals surface area (Å²) in [4.78, 5) is 9.96. The molecule has 0 aliphatic carbocycles. The Morgan fingerprint density at radius 1 is 1.14 bits per heavy atom. The van der Waals surface area contributed by atoms with Crippen LogP contribution in [0.25, 0.3) is 0 Å². The monoisotopic (exact) mass is 206 g/mol. The van der Waals surface area contributed by atoms with Crippen molar-refractivity contribution >= 4 is 0 Å². The second kappa shape index (κ2) is 8.17. The van der Waals surface area contributed by atoms with Gasteiger partial charge in [-0.3, -0.25) is 0 Å². The fourth-order valence-corrected chi connectivity index (χ4v) is 1.06. The summed E-state index contributed by atoms with van der Waals surface area (Å²) in [7, 11) is 1.62. The molecule has 86 valence electrons. The highest BCUT2D eigenvalue weighted by atomic mass is 17.2. The Morgan fingerprint density at radius 2 is 1.86 bits per heavy atom. The Labute approximate surface area is 86.1 Å². The Bertz CT molecular complexity index is 123. The minimum absolute atomic E-state index is 0.0484. The SMILES string of the molecule is CCCOOCC(CC)(CO)COC. The topological polar surface area (TPSA) is 47.9 Å². The molecule has 0 saturated heterocycles. The Kier molecular flexibility index (Phi) is 8.08. The molecule has 14 heavy (non-hydrogen) atoms. The van der Waals surface area contributed by atoms with E-state index in [1.807, 2.05) is 13.8 Å². The van der Waals surface area contributed by atoms with E-state index < -0.39 is 0 Å². The molecule has 0 bridgehead atoms. The van der Waals surface area contributed by atoms with Crippen LogP contribution in [0.3, 0.4) is 0 Å². The molecule has 0 amide bonds. The first-order valence-corrected chi connectivity index (χ1v) is 5.09. The van der Waals surface area contributed by atoms with Crippen molar-refractivity contribution in [3.63, 3.8) is 0 Å². The van der Waals surface area contributed by atoms with Crippen molar-refractivity contribution in [2.75, 3.05) is 33.5 Å². The van der Waals surface area contributed by atoms with Crippen LogP contribution in [0.5, 0.6) is 0 Å². The van der Waals surface area contributed by atoms with Crippen LogP contribution in [0.15, 0.2) is 0 Å². The second-order valence-corrected chi connectivity index (χ2v) is 3.53. The second-order valence-electron chi connectivity index (χ2n) is 3.53. The molecule has 0 spiro atoms. The van der Waals surface area contributed by atoms with Crippen LogP contribution >= 0.6 is 0 Å². The zero-order chi connectivity index (χ0) is 10.9. The molecule has 1 unspecified atom stereocenters. The maximum Gasteiger partial charge on any atom is 0.0922 e. The zero-order valence-electron chi connectivity index (χ0n) is 9.41. The van der Waals surface area contributed by atoms with Gasteiger partial charge in [-0.05, 0) is 12.8 Å². The van der Waals surface area contributed by atoms with Gasteiger partial charge in [0.05, 0.1) is 26.4 Å². The van der Waals surface area contributed by atoms with Crippen LogP contribution in [0.1, 0.15) is 26.7 Å². The maximum absolute atomic E-state index is 9.25. The Morgan fingerprint density at radius 3 is 2.29 bits per heavy atom. The van der Waals surface area contributed by atoms with Gasteiger partial charge in [-0.15, -0.1) is 0 Å². The van der Waals surface area contributed by atoms with E-state index in [4.69, 9.17) is 14.5 Å². The van der Waals surface area contributed by atoms with E-state index in [0.717, 1.165) is 12.8 Å². The molecule has 1 N–H and O–H groups in total. The number of aliphatic hydroxyl groups is 1. The smallest absolute Gasteiger partial charge is 0.0922 e. The summed E-state index contributed by atoms with van der Waals surface area (Å²) >= 11 is 0. The molecule has 0 saturated carbocycles. The van der Waals surface area contributed by atoms with E-state index in [0.29, 0.717) is 19.8 Å². The standard InChI is InChI=1S/C10H22O4/c1-4-6-13-14-9-10(5-2,7-11)8-12-3/h11H,4-9H2,1-3H3. The third-order valence-corrected chi connectivity index (χ3v) is 2.27. The largest absolute Gasteiger partial charge is 0.396 e. The van der Waals surface area contributed by atoms with Gasteiger partial charge < -0.3 is 9.84 Å². The predicted octanol–water partition coefficient (Wildman–Crippen LogP) is 1.38. The van der Waals surface area contributed by atoms with E-state index >= 15 is 0 Å². The highest BCUT2D eigenvalue weighted by molar-refractivity contribution is 4.75. The molecular weight excluding hydrogens is 184 g/mol. The molecule has 4 nitrogen and oxygen atoms in total.